The maximum atomic E-state index is 12.3. The number of rotatable bonds is 5. The number of nitrogens with two attached hydrogens (primary N) is 1. The molecule has 1 aromatic carbocycles. The predicted molar refractivity (Wildman–Crippen MR) is 94.9 cm³/mol. The maximum absolute atomic E-state index is 12.3. The normalized spacial score (nSPS) is 19.8. The summed E-state index contributed by atoms with van der Waals surface area (Å²) in [5.41, 5.74) is 7.13. The molecule has 0 saturated heterocycles. The molecule has 0 radical (unpaired) electrons. The summed E-state index contributed by atoms with van der Waals surface area (Å²) >= 11 is 0. The Bertz CT molecular complexity index is 546. The average Bonchev–Trinajstić information content (AvgIpc) is 2.95. The van der Waals surface area contributed by atoms with Gasteiger partial charge in [0.25, 0.3) is 5.91 Å². The minimum Gasteiger partial charge on any atom is -0.339 e. The lowest BCUT2D eigenvalue weighted by atomic mass is 10.1. The van der Waals surface area contributed by atoms with Gasteiger partial charge in [0, 0.05) is 36.3 Å². The van der Waals surface area contributed by atoms with E-state index >= 15 is 0 Å². The molecule has 2 amide bonds. The first-order valence-electron chi connectivity index (χ1n) is 8.00. The molecule has 0 aliphatic heterocycles. The van der Waals surface area contributed by atoms with Crippen molar-refractivity contribution in [2.24, 2.45) is 11.7 Å². The summed E-state index contributed by atoms with van der Waals surface area (Å²) in [6, 6.07) is 7.26. The van der Waals surface area contributed by atoms with Gasteiger partial charge in [-0.1, -0.05) is 6.07 Å². The Hall–Kier alpha value is -1.59. The zero-order valence-corrected chi connectivity index (χ0v) is 14.6. The second-order valence-electron chi connectivity index (χ2n) is 5.82. The molecule has 0 aromatic heterocycles. The van der Waals surface area contributed by atoms with Crippen LogP contribution in [0.5, 0.6) is 0 Å². The number of carbonyl (C=O) groups excluding carboxylic acids is 2. The summed E-state index contributed by atoms with van der Waals surface area (Å²) in [5.74, 6) is -0.0264. The second-order valence-corrected chi connectivity index (χ2v) is 5.82. The van der Waals surface area contributed by atoms with Crippen LogP contribution in [0.3, 0.4) is 0 Å². The first-order chi connectivity index (χ1) is 10.5. The number of nitrogens with zero attached hydrogens (tertiary/aromatic N) is 1. The summed E-state index contributed by atoms with van der Waals surface area (Å²) < 4.78 is 0. The van der Waals surface area contributed by atoms with Gasteiger partial charge in [-0.05, 0) is 51.3 Å². The molecule has 0 heterocycles. The van der Waals surface area contributed by atoms with E-state index in [9.17, 15) is 9.59 Å². The molecule has 2 rings (SSSR count). The van der Waals surface area contributed by atoms with Crippen molar-refractivity contribution >= 4 is 29.9 Å². The van der Waals surface area contributed by atoms with E-state index in [1.807, 2.05) is 19.9 Å². The molecular formula is C17H26ClN3O2. The number of anilines is 1. The fourth-order valence-corrected chi connectivity index (χ4v) is 2.92. The molecule has 1 aliphatic rings. The van der Waals surface area contributed by atoms with Gasteiger partial charge in [0.2, 0.25) is 5.91 Å². The summed E-state index contributed by atoms with van der Waals surface area (Å²) in [4.78, 5) is 26.3. The van der Waals surface area contributed by atoms with Gasteiger partial charge in [0.15, 0.2) is 0 Å². The number of hydrogen-bond donors (Lipinski definition) is 2. The van der Waals surface area contributed by atoms with E-state index in [1.54, 1.807) is 23.1 Å². The van der Waals surface area contributed by atoms with Gasteiger partial charge in [-0.25, -0.2) is 0 Å². The van der Waals surface area contributed by atoms with E-state index in [4.69, 9.17) is 5.73 Å². The molecule has 128 valence electrons. The van der Waals surface area contributed by atoms with Gasteiger partial charge >= 0.3 is 0 Å². The van der Waals surface area contributed by atoms with Gasteiger partial charge in [-0.15, -0.1) is 12.4 Å². The highest BCUT2D eigenvalue weighted by Gasteiger charge is 2.27. The van der Waals surface area contributed by atoms with Crippen molar-refractivity contribution < 1.29 is 9.59 Å². The van der Waals surface area contributed by atoms with Crippen LogP contribution >= 0.6 is 12.4 Å². The van der Waals surface area contributed by atoms with E-state index in [1.165, 1.54) is 0 Å². The van der Waals surface area contributed by atoms with Crippen LogP contribution in [0, 0.1) is 5.92 Å². The molecule has 1 aromatic rings. The van der Waals surface area contributed by atoms with E-state index in [0.29, 0.717) is 24.3 Å². The molecule has 1 saturated carbocycles. The van der Waals surface area contributed by atoms with E-state index in [-0.39, 0.29) is 36.2 Å². The zero-order chi connectivity index (χ0) is 16.1. The number of carbonyl (C=O) groups is 2. The highest BCUT2D eigenvalue weighted by atomic mass is 35.5. The van der Waals surface area contributed by atoms with Gasteiger partial charge in [0.1, 0.15) is 0 Å². The van der Waals surface area contributed by atoms with Crippen molar-refractivity contribution in [1.29, 1.82) is 0 Å². The largest absolute Gasteiger partial charge is 0.339 e. The van der Waals surface area contributed by atoms with Crippen molar-refractivity contribution in [3.8, 4) is 0 Å². The monoisotopic (exact) mass is 339 g/mol. The summed E-state index contributed by atoms with van der Waals surface area (Å²) in [7, 11) is 0. The Morgan fingerprint density at radius 1 is 1.26 bits per heavy atom. The van der Waals surface area contributed by atoms with Crippen LogP contribution in [0.4, 0.5) is 5.69 Å². The smallest absolute Gasteiger partial charge is 0.253 e. The quantitative estimate of drug-likeness (QED) is 0.866. The second kappa shape index (κ2) is 8.89. The van der Waals surface area contributed by atoms with E-state index < -0.39 is 0 Å². The molecule has 0 spiro atoms. The average molecular weight is 340 g/mol. The van der Waals surface area contributed by atoms with Gasteiger partial charge in [-0.3, -0.25) is 9.59 Å². The van der Waals surface area contributed by atoms with Crippen molar-refractivity contribution in [3.63, 3.8) is 0 Å². The molecule has 3 N–H and O–H groups in total. The molecule has 23 heavy (non-hydrogen) atoms. The fourth-order valence-electron chi connectivity index (χ4n) is 2.92. The Balaban J connectivity index is 0.00000264. The van der Waals surface area contributed by atoms with Crippen LogP contribution < -0.4 is 11.1 Å². The van der Waals surface area contributed by atoms with Gasteiger partial charge in [0.05, 0.1) is 0 Å². The first-order valence-corrected chi connectivity index (χ1v) is 8.00. The number of amides is 2. The Morgan fingerprint density at radius 2 is 1.96 bits per heavy atom. The highest BCUT2D eigenvalue weighted by Crippen LogP contribution is 2.25. The van der Waals surface area contributed by atoms with Crippen LogP contribution in [0.15, 0.2) is 24.3 Å². The zero-order valence-electron chi connectivity index (χ0n) is 13.7. The van der Waals surface area contributed by atoms with Crippen molar-refractivity contribution in [2.45, 2.75) is 39.2 Å². The number of hydrogen-bond acceptors (Lipinski definition) is 3. The molecule has 0 bridgehead atoms. The molecular weight excluding hydrogens is 314 g/mol. The molecule has 1 fully saturated rings. The third-order valence-electron chi connectivity index (χ3n) is 4.27. The van der Waals surface area contributed by atoms with Crippen LogP contribution in [0.2, 0.25) is 0 Å². The Kier molecular flexibility index (Phi) is 7.52. The summed E-state index contributed by atoms with van der Waals surface area (Å²) in [6.07, 6.45) is 2.48. The van der Waals surface area contributed by atoms with Crippen LogP contribution in [-0.4, -0.2) is 35.8 Å². The number of nitrogens with one attached hydrogen (secondary N) is 1. The third kappa shape index (κ3) is 4.94. The van der Waals surface area contributed by atoms with Crippen molar-refractivity contribution in [3.05, 3.63) is 29.8 Å². The minimum absolute atomic E-state index is 0. The molecule has 5 nitrogen and oxygen atoms in total. The third-order valence-corrected chi connectivity index (χ3v) is 4.27. The van der Waals surface area contributed by atoms with Crippen LogP contribution in [-0.2, 0) is 4.79 Å². The fraction of sp³-hybridized carbons (Fsp3) is 0.529. The molecule has 6 heteroatoms. The van der Waals surface area contributed by atoms with Crippen molar-refractivity contribution in [1.82, 2.24) is 4.90 Å². The topological polar surface area (TPSA) is 75.4 Å². The SMILES string of the molecule is CCN(CC)C(=O)c1cccc(NC(=O)C2CCC(N)C2)c1.Cl. The van der Waals surface area contributed by atoms with Crippen molar-refractivity contribution in [2.75, 3.05) is 18.4 Å². The van der Waals surface area contributed by atoms with Crippen LogP contribution in [0.25, 0.3) is 0 Å². The molecule has 1 aliphatic carbocycles. The summed E-state index contributed by atoms with van der Waals surface area (Å²) in [6.45, 7) is 5.25. The lowest BCUT2D eigenvalue weighted by molar-refractivity contribution is -0.119. The maximum Gasteiger partial charge on any atom is 0.253 e. The highest BCUT2D eigenvalue weighted by molar-refractivity contribution is 5.97. The van der Waals surface area contributed by atoms with Gasteiger partial charge < -0.3 is 16.0 Å². The summed E-state index contributed by atoms with van der Waals surface area (Å²) in [5, 5.41) is 2.91. The first kappa shape index (κ1) is 19.5. The number of benzene rings is 1. The van der Waals surface area contributed by atoms with Crippen LogP contribution in [0.1, 0.15) is 43.5 Å². The standard InChI is InChI=1S/C17H25N3O2.ClH/c1-3-20(4-2)17(22)13-6-5-7-15(11-13)19-16(21)12-8-9-14(18)10-12;/h5-7,11-12,14H,3-4,8-10,18H2,1-2H3,(H,19,21);1H. The predicted octanol–water partition coefficient (Wildman–Crippen LogP) is 2.66. The van der Waals surface area contributed by atoms with Gasteiger partial charge in [-0.2, -0.15) is 0 Å². The Morgan fingerprint density at radius 3 is 2.52 bits per heavy atom. The lowest BCUT2D eigenvalue weighted by Gasteiger charge is -2.19. The Labute approximate surface area is 144 Å². The minimum atomic E-state index is -0.0165. The lowest BCUT2D eigenvalue weighted by Crippen LogP contribution is -2.30. The van der Waals surface area contributed by atoms with E-state index in [2.05, 4.69) is 5.32 Å². The van der Waals surface area contributed by atoms with E-state index in [0.717, 1.165) is 19.3 Å². The number of halogens is 1. The molecule has 2 unspecified atom stereocenters. The molecule has 2 atom stereocenters.